The minimum Gasteiger partial charge on any atom is -0.508 e. The zero-order chi connectivity index (χ0) is 13.2. The van der Waals surface area contributed by atoms with Gasteiger partial charge in [-0.05, 0) is 31.9 Å². The van der Waals surface area contributed by atoms with Gasteiger partial charge in [0, 0.05) is 11.6 Å². The van der Waals surface area contributed by atoms with E-state index in [9.17, 15) is 15.0 Å². The summed E-state index contributed by atoms with van der Waals surface area (Å²) in [5.74, 6) is -0.517. The number of aromatic hydroxyl groups is 2. The standard InChI is InChI=1S/C14H19NO3/c1-14(7-3-2-4-8-14)15-13(18)11-6-5-10(16)9-12(11)17/h5-6,9,16-17H,2-4,7-8H2,1H3,(H,15,18). The van der Waals surface area contributed by atoms with Crippen LogP contribution >= 0.6 is 0 Å². The second-order valence-electron chi connectivity index (χ2n) is 5.28. The molecule has 0 spiro atoms. The van der Waals surface area contributed by atoms with Crippen molar-refractivity contribution in [1.29, 1.82) is 0 Å². The van der Waals surface area contributed by atoms with Crippen LogP contribution in [-0.2, 0) is 0 Å². The fraction of sp³-hybridized carbons (Fsp3) is 0.500. The smallest absolute Gasteiger partial charge is 0.255 e. The van der Waals surface area contributed by atoms with E-state index in [0.29, 0.717) is 0 Å². The molecule has 1 aromatic carbocycles. The average Bonchev–Trinajstić information content (AvgIpc) is 2.28. The van der Waals surface area contributed by atoms with Crippen LogP contribution in [0.4, 0.5) is 0 Å². The van der Waals surface area contributed by atoms with E-state index in [1.807, 2.05) is 6.92 Å². The number of phenolic OH excluding ortho intramolecular Hbond substituents is 2. The molecule has 18 heavy (non-hydrogen) atoms. The molecule has 1 saturated carbocycles. The monoisotopic (exact) mass is 249 g/mol. The minimum absolute atomic E-state index is 0.0482. The molecule has 3 N–H and O–H groups in total. The second-order valence-corrected chi connectivity index (χ2v) is 5.28. The van der Waals surface area contributed by atoms with Crippen molar-refractivity contribution in [3.05, 3.63) is 23.8 Å². The summed E-state index contributed by atoms with van der Waals surface area (Å²) < 4.78 is 0. The first kappa shape index (κ1) is 12.7. The maximum absolute atomic E-state index is 12.1. The first-order valence-electron chi connectivity index (χ1n) is 6.35. The highest BCUT2D eigenvalue weighted by atomic mass is 16.3. The Morgan fingerprint density at radius 3 is 2.50 bits per heavy atom. The molecular formula is C14H19NO3. The van der Waals surface area contributed by atoms with Gasteiger partial charge in [-0.2, -0.15) is 0 Å². The molecule has 0 unspecified atom stereocenters. The van der Waals surface area contributed by atoms with Crippen LogP contribution in [0.3, 0.4) is 0 Å². The molecule has 0 bridgehead atoms. The number of rotatable bonds is 2. The number of hydrogen-bond donors (Lipinski definition) is 3. The minimum atomic E-state index is -0.281. The van der Waals surface area contributed by atoms with E-state index in [4.69, 9.17) is 0 Å². The van der Waals surface area contributed by atoms with E-state index < -0.39 is 0 Å². The summed E-state index contributed by atoms with van der Waals surface area (Å²) in [6, 6.07) is 4.02. The summed E-state index contributed by atoms with van der Waals surface area (Å²) in [6.45, 7) is 2.04. The van der Waals surface area contributed by atoms with E-state index in [-0.39, 0.29) is 28.5 Å². The molecule has 4 nitrogen and oxygen atoms in total. The van der Waals surface area contributed by atoms with Crippen LogP contribution in [0.25, 0.3) is 0 Å². The zero-order valence-electron chi connectivity index (χ0n) is 10.6. The highest BCUT2D eigenvalue weighted by Crippen LogP contribution is 2.29. The number of benzene rings is 1. The highest BCUT2D eigenvalue weighted by molar-refractivity contribution is 5.97. The normalized spacial score (nSPS) is 18.3. The first-order valence-corrected chi connectivity index (χ1v) is 6.35. The van der Waals surface area contributed by atoms with Crippen molar-refractivity contribution in [3.8, 4) is 11.5 Å². The van der Waals surface area contributed by atoms with Gasteiger partial charge >= 0.3 is 0 Å². The molecule has 0 radical (unpaired) electrons. The lowest BCUT2D eigenvalue weighted by Gasteiger charge is -2.34. The first-order chi connectivity index (χ1) is 8.50. The Bertz CT molecular complexity index is 450. The predicted molar refractivity (Wildman–Crippen MR) is 68.7 cm³/mol. The molecule has 0 saturated heterocycles. The summed E-state index contributed by atoms with van der Waals surface area (Å²) in [5.41, 5.74) is 0.0271. The molecule has 2 rings (SSSR count). The molecule has 1 aliphatic carbocycles. The highest BCUT2D eigenvalue weighted by Gasteiger charge is 2.29. The van der Waals surface area contributed by atoms with E-state index >= 15 is 0 Å². The molecule has 1 amide bonds. The van der Waals surface area contributed by atoms with Crippen molar-refractivity contribution in [3.63, 3.8) is 0 Å². The Kier molecular flexibility index (Phi) is 3.45. The maximum atomic E-state index is 12.1. The fourth-order valence-electron chi connectivity index (χ4n) is 2.51. The van der Waals surface area contributed by atoms with Crippen LogP contribution in [-0.4, -0.2) is 21.7 Å². The molecule has 1 aliphatic rings. The molecule has 98 valence electrons. The van der Waals surface area contributed by atoms with Gasteiger partial charge in [-0.3, -0.25) is 4.79 Å². The molecule has 0 atom stereocenters. The Morgan fingerprint density at radius 1 is 1.22 bits per heavy atom. The Morgan fingerprint density at radius 2 is 1.89 bits per heavy atom. The van der Waals surface area contributed by atoms with Crippen LogP contribution in [0.2, 0.25) is 0 Å². The molecule has 4 heteroatoms. The van der Waals surface area contributed by atoms with Gasteiger partial charge in [0.05, 0.1) is 5.56 Å². The van der Waals surface area contributed by atoms with Crippen LogP contribution in [0.15, 0.2) is 18.2 Å². The lowest BCUT2D eigenvalue weighted by molar-refractivity contribution is 0.0880. The van der Waals surface area contributed by atoms with Crippen LogP contribution in [0, 0.1) is 0 Å². The third kappa shape index (κ3) is 2.75. The van der Waals surface area contributed by atoms with Gasteiger partial charge in [-0.15, -0.1) is 0 Å². The van der Waals surface area contributed by atoms with Crippen molar-refractivity contribution in [2.24, 2.45) is 0 Å². The summed E-state index contributed by atoms with van der Waals surface area (Å²) in [7, 11) is 0. The number of nitrogens with one attached hydrogen (secondary N) is 1. The van der Waals surface area contributed by atoms with E-state index in [1.165, 1.54) is 24.6 Å². The van der Waals surface area contributed by atoms with Crippen molar-refractivity contribution < 1.29 is 15.0 Å². The molecule has 0 aliphatic heterocycles. The SMILES string of the molecule is CC1(NC(=O)c2ccc(O)cc2O)CCCCC1. The maximum Gasteiger partial charge on any atom is 0.255 e. The summed E-state index contributed by atoms with van der Waals surface area (Å²) in [6.07, 6.45) is 5.40. The number of amides is 1. The van der Waals surface area contributed by atoms with Crippen LogP contribution < -0.4 is 5.32 Å². The topological polar surface area (TPSA) is 69.6 Å². The van der Waals surface area contributed by atoms with Crippen molar-refractivity contribution in [2.45, 2.75) is 44.6 Å². The van der Waals surface area contributed by atoms with E-state index in [1.54, 1.807) is 0 Å². The van der Waals surface area contributed by atoms with Gasteiger partial charge < -0.3 is 15.5 Å². The quantitative estimate of drug-likeness (QED) is 0.754. The van der Waals surface area contributed by atoms with Gasteiger partial charge in [0.2, 0.25) is 0 Å². The number of carbonyl (C=O) groups is 1. The molecule has 1 aromatic rings. The van der Waals surface area contributed by atoms with Crippen molar-refractivity contribution in [1.82, 2.24) is 5.32 Å². The van der Waals surface area contributed by atoms with Gasteiger partial charge in [0.25, 0.3) is 5.91 Å². The van der Waals surface area contributed by atoms with E-state index in [0.717, 1.165) is 25.7 Å². The van der Waals surface area contributed by atoms with E-state index in [2.05, 4.69) is 5.32 Å². The molecular weight excluding hydrogens is 230 g/mol. The number of carbonyl (C=O) groups excluding carboxylic acids is 1. The number of hydrogen-bond acceptors (Lipinski definition) is 3. The third-order valence-corrected chi connectivity index (χ3v) is 3.60. The Balaban J connectivity index is 2.11. The van der Waals surface area contributed by atoms with Crippen molar-refractivity contribution in [2.75, 3.05) is 0 Å². The molecule has 0 aromatic heterocycles. The van der Waals surface area contributed by atoms with Crippen LogP contribution in [0.1, 0.15) is 49.4 Å². The van der Waals surface area contributed by atoms with Crippen molar-refractivity contribution >= 4 is 5.91 Å². The Hall–Kier alpha value is -1.71. The summed E-state index contributed by atoms with van der Waals surface area (Å²) in [4.78, 5) is 12.1. The predicted octanol–water partition coefficient (Wildman–Crippen LogP) is 2.55. The average molecular weight is 249 g/mol. The lowest BCUT2D eigenvalue weighted by atomic mass is 9.83. The zero-order valence-corrected chi connectivity index (χ0v) is 10.6. The fourth-order valence-corrected chi connectivity index (χ4v) is 2.51. The van der Waals surface area contributed by atoms with Gasteiger partial charge in [-0.25, -0.2) is 0 Å². The Labute approximate surface area is 107 Å². The largest absolute Gasteiger partial charge is 0.508 e. The second kappa shape index (κ2) is 4.88. The van der Waals surface area contributed by atoms with Crippen LogP contribution in [0.5, 0.6) is 11.5 Å². The third-order valence-electron chi connectivity index (χ3n) is 3.60. The molecule has 0 heterocycles. The van der Waals surface area contributed by atoms with Gasteiger partial charge in [0.15, 0.2) is 0 Å². The lowest BCUT2D eigenvalue weighted by Crippen LogP contribution is -2.47. The molecule has 1 fully saturated rings. The summed E-state index contributed by atoms with van der Waals surface area (Å²) >= 11 is 0. The van der Waals surface area contributed by atoms with Gasteiger partial charge in [0.1, 0.15) is 11.5 Å². The van der Waals surface area contributed by atoms with Gasteiger partial charge in [-0.1, -0.05) is 19.3 Å². The number of phenols is 2. The summed E-state index contributed by atoms with van der Waals surface area (Å²) in [5, 5.41) is 21.8.